The van der Waals surface area contributed by atoms with E-state index in [1.54, 1.807) is 0 Å². The van der Waals surface area contributed by atoms with Gasteiger partial charge >= 0.3 is 0 Å². The third-order valence-corrected chi connectivity index (χ3v) is 4.17. The van der Waals surface area contributed by atoms with Crippen molar-refractivity contribution in [1.82, 2.24) is 15.1 Å². The fourth-order valence-electron chi connectivity index (χ4n) is 3.41. The highest BCUT2D eigenvalue weighted by Gasteiger charge is 2.33. The maximum absolute atomic E-state index is 12.1. The molecule has 0 fully saturated rings. The van der Waals surface area contributed by atoms with Crippen LogP contribution in [0.25, 0.3) is 10.8 Å². The van der Waals surface area contributed by atoms with Crippen molar-refractivity contribution < 1.29 is 0 Å². The van der Waals surface area contributed by atoms with Crippen LogP contribution in [0.2, 0.25) is 0 Å². The molecule has 1 N–H and O–H groups in total. The molecule has 0 spiro atoms. The highest BCUT2D eigenvalue weighted by atomic mass is 16.1. The molecule has 1 unspecified atom stereocenters. The quantitative estimate of drug-likeness (QED) is 0.898. The molecule has 2 aliphatic heterocycles. The number of hydrogen-bond donors (Lipinski definition) is 1. The van der Waals surface area contributed by atoms with Crippen molar-refractivity contribution in [3.05, 3.63) is 39.8 Å². The molecule has 0 aliphatic carbocycles. The van der Waals surface area contributed by atoms with Gasteiger partial charge in [0, 0.05) is 29.7 Å². The number of aromatic nitrogens is 2. The Morgan fingerprint density at radius 1 is 1.40 bits per heavy atom. The van der Waals surface area contributed by atoms with Crippen LogP contribution in [0.1, 0.15) is 30.6 Å². The number of anilines is 1. The monoisotopic (exact) mass is 268 g/mol. The fourth-order valence-corrected chi connectivity index (χ4v) is 3.41. The molecule has 1 atom stereocenters. The predicted octanol–water partition coefficient (Wildman–Crippen LogP) is 1.68. The lowest BCUT2D eigenvalue weighted by Crippen LogP contribution is -2.35. The molecule has 1 aromatic heterocycles. The second kappa shape index (κ2) is 4.24. The number of nitrogens with one attached hydrogen (secondary N) is 1. The van der Waals surface area contributed by atoms with Crippen molar-refractivity contribution in [2.45, 2.75) is 25.9 Å². The lowest BCUT2D eigenvalue weighted by atomic mass is 9.99. The maximum atomic E-state index is 12.1. The fraction of sp³-hybridized carbons (Fsp3) is 0.400. The third kappa shape index (κ3) is 1.56. The summed E-state index contributed by atoms with van der Waals surface area (Å²) >= 11 is 0. The number of benzene rings is 1. The molecule has 5 heteroatoms. The van der Waals surface area contributed by atoms with E-state index in [0.29, 0.717) is 5.39 Å². The van der Waals surface area contributed by atoms with Crippen LogP contribution < -0.4 is 10.9 Å². The molecule has 0 radical (unpaired) electrons. The molecule has 2 aromatic rings. The van der Waals surface area contributed by atoms with Crippen LogP contribution in [-0.4, -0.2) is 28.2 Å². The number of nitrogens with zero attached hydrogens (tertiary/aromatic N) is 3. The van der Waals surface area contributed by atoms with Gasteiger partial charge in [0.15, 0.2) is 0 Å². The van der Waals surface area contributed by atoms with Gasteiger partial charge in [-0.25, -0.2) is 0 Å². The summed E-state index contributed by atoms with van der Waals surface area (Å²) in [6.07, 6.45) is 1.11. The highest BCUT2D eigenvalue weighted by Crippen LogP contribution is 2.41. The molecule has 5 nitrogen and oxygen atoms in total. The maximum Gasteiger partial charge on any atom is 0.296 e. The molecule has 20 heavy (non-hydrogen) atoms. The summed E-state index contributed by atoms with van der Waals surface area (Å²) in [5.74, 6) is 0. The summed E-state index contributed by atoms with van der Waals surface area (Å²) < 4.78 is 0. The van der Waals surface area contributed by atoms with Gasteiger partial charge in [0.25, 0.3) is 5.56 Å². The molecule has 4 rings (SSSR count). The van der Waals surface area contributed by atoms with E-state index in [9.17, 15) is 4.79 Å². The van der Waals surface area contributed by atoms with Gasteiger partial charge in [0.1, 0.15) is 0 Å². The van der Waals surface area contributed by atoms with Crippen molar-refractivity contribution >= 4 is 16.5 Å². The van der Waals surface area contributed by atoms with Crippen molar-refractivity contribution in [2.24, 2.45) is 0 Å². The summed E-state index contributed by atoms with van der Waals surface area (Å²) in [7, 11) is 0. The van der Waals surface area contributed by atoms with E-state index in [2.05, 4.69) is 27.3 Å². The zero-order valence-electron chi connectivity index (χ0n) is 11.4. The smallest absolute Gasteiger partial charge is 0.296 e. The van der Waals surface area contributed by atoms with Crippen molar-refractivity contribution in [2.75, 3.05) is 18.4 Å². The molecule has 1 aromatic carbocycles. The zero-order chi connectivity index (χ0) is 13.7. The molecular formula is C15H16N4O. The molecule has 0 amide bonds. The minimum absolute atomic E-state index is 0.228. The average Bonchev–Trinajstić information content (AvgIpc) is 2.75. The Kier molecular flexibility index (Phi) is 2.50. The Bertz CT molecular complexity index is 759. The normalized spacial score (nSPS) is 20.1. The van der Waals surface area contributed by atoms with Crippen molar-refractivity contribution in [1.29, 1.82) is 0 Å². The first kappa shape index (κ1) is 11.8. The predicted molar refractivity (Wildman–Crippen MR) is 77.7 cm³/mol. The summed E-state index contributed by atoms with van der Waals surface area (Å²) in [5, 5.41) is 13.3. The summed E-state index contributed by atoms with van der Waals surface area (Å²) in [6, 6.07) is 6.01. The average molecular weight is 268 g/mol. The van der Waals surface area contributed by atoms with Gasteiger partial charge < -0.3 is 5.32 Å². The Morgan fingerprint density at radius 3 is 3.15 bits per heavy atom. The molecule has 0 saturated carbocycles. The first-order valence-electron chi connectivity index (χ1n) is 7.09. The van der Waals surface area contributed by atoms with E-state index in [1.165, 1.54) is 5.56 Å². The number of rotatable bonds is 2. The van der Waals surface area contributed by atoms with Crippen molar-refractivity contribution in [3.8, 4) is 0 Å². The minimum atomic E-state index is -0.235. The van der Waals surface area contributed by atoms with Crippen molar-refractivity contribution in [3.63, 3.8) is 0 Å². The van der Waals surface area contributed by atoms with Crippen LogP contribution in [0.4, 0.5) is 5.69 Å². The van der Waals surface area contributed by atoms with Crippen LogP contribution in [-0.2, 0) is 6.54 Å². The van der Waals surface area contributed by atoms with Crippen LogP contribution in [0.3, 0.4) is 0 Å². The molecule has 0 saturated heterocycles. The first-order chi connectivity index (χ1) is 9.78. The van der Waals surface area contributed by atoms with Gasteiger partial charge in [-0.1, -0.05) is 13.0 Å². The van der Waals surface area contributed by atoms with Gasteiger partial charge in [-0.2, -0.15) is 0 Å². The Labute approximate surface area is 116 Å². The third-order valence-electron chi connectivity index (χ3n) is 4.17. The van der Waals surface area contributed by atoms with E-state index >= 15 is 0 Å². The summed E-state index contributed by atoms with van der Waals surface area (Å²) in [4.78, 5) is 14.5. The van der Waals surface area contributed by atoms with Crippen LogP contribution >= 0.6 is 0 Å². The van der Waals surface area contributed by atoms with E-state index < -0.39 is 0 Å². The zero-order valence-corrected chi connectivity index (χ0v) is 11.4. The molecule has 3 heterocycles. The second-order valence-electron chi connectivity index (χ2n) is 5.53. The molecule has 0 bridgehead atoms. The van der Waals surface area contributed by atoms with Gasteiger partial charge in [-0.3, -0.25) is 9.69 Å². The standard InChI is InChI=1S/C15H16N4O/c1-2-6-19-7-11-14-12(8-19)17-18-15(20)9-4-3-5-10(16-11)13(9)14/h3-5,11,16H,2,6-8H2,1H3. The van der Waals surface area contributed by atoms with E-state index in [-0.39, 0.29) is 11.6 Å². The van der Waals surface area contributed by atoms with E-state index in [4.69, 9.17) is 0 Å². The Morgan fingerprint density at radius 2 is 2.30 bits per heavy atom. The Hall–Kier alpha value is -2.01. The molecule has 102 valence electrons. The first-order valence-corrected chi connectivity index (χ1v) is 7.09. The van der Waals surface area contributed by atoms with E-state index in [0.717, 1.165) is 42.8 Å². The lowest BCUT2D eigenvalue weighted by Gasteiger charge is -2.30. The summed E-state index contributed by atoms with van der Waals surface area (Å²) in [6.45, 7) is 4.97. The largest absolute Gasteiger partial charge is 0.376 e. The van der Waals surface area contributed by atoms with Gasteiger partial charge in [-0.15, -0.1) is 10.2 Å². The topological polar surface area (TPSA) is 58.1 Å². The van der Waals surface area contributed by atoms with Crippen LogP contribution in [0.5, 0.6) is 0 Å². The van der Waals surface area contributed by atoms with Crippen LogP contribution in [0.15, 0.2) is 23.0 Å². The summed E-state index contributed by atoms with van der Waals surface area (Å²) in [5.41, 5.74) is 2.93. The van der Waals surface area contributed by atoms with Crippen LogP contribution in [0, 0.1) is 0 Å². The lowest BCUT2D eigenvalue weighted by molar-refractivity contribution is 0.235. The Balaban J connectivity index is 2.00. The number of hydrogen-bond acceptors (Lipinski definition) is 5. The molecular weight excluding hydrogens is 252 g/mol. The second-order valence-corrected chi connectivity index (χ2v) is 5.53. The highest BCUT2D eigenvalue weighted by molar-refractivity contribution is 5.99. The van der Waals surface area contributed by atoms with Gasteiger partial charge in [0.05, 0.1) is 17.1 Å². The minimum Gasteiger partial charge on any atom is -0.376 e. The van der Waals surface area contributed by atoms with Gasteiger partial charge in [-0.05, 0) is 25.1 Å². The van der Waals surface area contributed by atoms with E-state index in [1.807, 2.05) is 18.2 Å². The SMILES string of the molecule is CCCN1Cc2nnc(=O)c3cccc4c3c2C(C1)N4. The molecule has 2 aliphatic rings. The van der Waals surface area contributed by atoms with Gasteiger partial charge in [0.2, 0.25) is 0 Å².